The second-order valence-electron chi connectivity index (χ2n) is 16.3. The summed E-state index contributed by atoms with van der Waals surface area (Å²) in [7, 11) is 3.52. The molecule has 1 atom stereocenters. The standard InChI is InChI=1S/C42H46N10O6/c1-47(2)41(58)34-19-27-21-43-42(46-36(27)51(34)29-5-3-4-6-29)44-28-9-7-26(8-10-28)38(55)50-23-25(24-50)22-48-15-17-49(18-16-48)30-11-12-31-32(20-30)40(57)52(39(31)56)33-13-14-35(53)45-37(33)54/h7-12,19-21,25,29,33H,3-6,13-18,22-24H2,1-2H3,(H,43,44,46)(H,45,53,54). The van der Waals surface area contributed by atoms with Crippen molar-refractivity contribution in [1.82, 2.24) is 39.5 Å². The van der Waals surface area contributed by atoms with Crippen LogP contribution in [0.3, 0.4) is 0 Å². The number of hydrogen-bond donors (Lipinski definition) is 2. The SMILES string of the molecule is CN(C)C(=O)c1cc2cnc(Nc3ccc(C(=O)N4CC(CN5CCN(c6ccc7c(c6)C(=O)N(C6CCC(=O)NC6=O)C7=O)CC5)C4)cc3)nc2n1C1CCCC1. The summed E-state index contributed by atoms with van der Waals surface area (Å²) in [6.07, 6.45) is 6.24. The quantitative estimate of drug-likeness (QED) is 0.239. The van der Waals surface area contributed by atoms with Crippen molar-refractivity contribution in [2.45, 2.75) is 50.6 Å². The van der Waals surface area contributed by atoms with Crippen molar-refractivity contribution in [2.24, 2.45) is 5.92 Å². The number of hydrogen-bond acceptors (Lipinski definition) is 11. The largest absolute Gasteiger partial charge is 0.369 e. The molecule has 1 saturated carbocycles. The number of fused-ring (bicyclic) bond motifs is 2. The van der Waals surface area contributed by atoms with Crippen molar-refractivity contribution in [1.29, 1.82) is 0 Å². The zero-order chi connectivity index (χ0) is 40.2. The maximum atomic E-state index is 13.4. The molecule has 6 amide bonds. The predicted octanol–water partition coefficient (Wildman–Crippen LogP) is 3.29. The number of piperidine rings is 1. The number of nitrogens with one attached hydrogen (secondary N) is 2. The Morgan fingerprint density at radius 1 is 0.879 bits per heavy atom. The molecule has 4 aliphatic heterocycles. The highest BCUT2D eigenvalue weighted by Gasteiger charge is 2.45. The van der Waals surface area contributed by atoms with Gasteiger partial charge in [-0.1, -0.05) is 12.8 Å². The summed E-state index contributed by atoms with van der Waals surface area (Å²) in [5.41, 5.74) is 4.16. The molecule has 1 aliphatic carbocycles. The van der Waals surface area contributed by atoms with E-state index in [-0.39, 0.29) is 41.8 Å². The van der Waals surface area contributed by atoms with E-state index in [4.69, 9.17) is 4.98 Å². The van der Waals surface area contributed by atoms with E-state index in [2.05, 4.69) is 30.0 Å². The lowest BCUT2D eigenvalue weighted by atomic mass is 9.97. The lowest BCUT2D eigenvalue weighted by Gasteiger charge is -2.44. The van der Waals surface area contributed by atoms with Crippen LogP contribution in [0.15, 0.2) is 54.7 Å². The number of anilines is 3. The monoisotopic (exact) mass is 786 g/mol. The lowest BCUT2D eigenvalue weighted by molar-refractivity contribution is -0.136. The van der Waals surface area contributed by atoms with E-state index in [1.807, 2.05) is 41.3 Å². The number of carbonyl (C=O) groups excluding carboxylic acids is 6. The predicted molar refractivity (Wildman–Crippen MR) is 214 cm³/mol. The highest BCUT2D eigenvalue weighted by Crippen LogP contribution is 2.35. The fourth-order valence-corrected chi connectivity index (χ4v) is 9.06. The van der Waals surface area contributed by atoms with Gasteiger partial charge in [-0.3, -0.25) is 43.9 Å². The molecule has 3 saturated heterocycles. The third kappa shape index (κ3) is 6.84. The summed E-state index contributed by atoms with van der Waals surface area (Å²) >= 11 is 0. The third-order valence-corrected chi connectivity index (χ3v) is 12.2. The molecule has 58 heavy (non-hydrogen) atoms. The molecule has 5 aliphatic rings. The fraction of sp³-hybridized carbons (Fsp3) is 0.429. The minimum absolute atomic E-state index is 0.00132. The Labute approximate surface area is 335 Å². The molecule has 300 valence electrons. The number of amides is 6. The topological polar surface area (TPSA) is 173 Å². The molecular formula is C42H46N10O6. The molecule has 2 aromatic carbocycles. The number of aromatic nitrogens is 3. The van der Waals surface area contributed by atoms with Crippen molar-refractivity contribution in [3.05, 3.63) is 77.1 Å². The van der Waals surface area contributed by atoms with Gasteiger partial charge in [-0.05, 0) is 67.8 Å². The molecule has 9 rings (SSSR count). The molecule has 0 bridgehead atoms. The van der Waals surface area contributed by atoms with Gasteiger partial charge in [0.2, 0.25) is 17.8 Å². The number of likely N-dealkylation sites (tertiary alicyclic amines) is 1. The van der Waals surface area contributed by atoms with Crippen LogP contribution in [0.2, 0.25) is 0 Å². The average Bonchev–Trinajstić information content (AvgIpc) is 3.93. The van der Waals surface area contributed by atoms with Crippen LogP contribution in [-0.2, 0) is 9.59 Å². The van der Waals surface area contributed by atoms with E-state index in [0.717, 1.165) is 85.7 Å². The van der Waals surface area contributed by atoms with Gasteiger partial charge < -0.3 is 24.6 Å². The maximum absolute atomic E-state index is 13.4. The highest BCUT2D eigenvalue weighted by atomic mass is 16.2. The average molecular weight is 787 g/mol. The van der Waals surface area contributed by atoms with Crippen molar-refractivity contribution >= 4 is 63.8 Å². The molecule has 0 radical (unpaired) electrons. The number of rotatable bonds is 9. The Morgan fingerprint density at radius 2 is 1.60 bits per heavy atom. The molecule has 4 aromatic rings. The van der Waals surface area contributed by atoms with Crippen LogP contribution in [0.25, 0.3) is 11.0 Å². The van der Waals surface area contributed by atoms with Crippen molar-refractivity contribution in [3.8, 4) is 0 Å². The fourth-order valence-electron chi connectivity index (χ4n) is 9.06. The van der Waals surface area contributed by atoms with Crippen LogP contribution in [0.5, 0.6) is 0 Å². The van der Waals surface area contributed by atoms with Gasteiger partial charge in [0.1, 0.15) is 17.4 Å². The second-order valence-corrected chi connectivity index (χ2v) is 16.3. The van der Waals surface area contributed by atoms with Crippen LogP contribution in [0.4, 0.5) is 17.3 Å². The van der Waals surface area contributed by atoms with Gasteiger partial charge in [0.05, 0.1) is 11.1 Å². The number of imide groups is 2. The Kier molecular flexibility index (Phi) is 9.66. The number of carbonyl (C=O) groups is 6. The Hall–Kier alpha value is -6.16. The van der Waals surface area contributed by atoms with Crippen molar-refractivity contribution in [2.75, 3.05) is 70.1 Å². The summed E-state index contributed by atoms with van der Waals surface area (Å²) in [6.45, 7) is 5.41. The molecule has 2 aromatic heterocycles. The van der Waals surface area contributed by atoms with Gasteiger partial charge in [0, 0.05) is 107 Å². The summed E-state index contributed by atoms with van der Waals surface area (Å²) < 4.78 is 2.09. The zero-order valence-corrected chi connectivity index (χ0v) is 32.6. The molecule has 2 N–H and O–H groups in total. The van der Waals surface area contributed by atoms with Crippen LogP contribution < -0.4 is 15.5 Å². The lowest BCUT2D eigenvalue weighted by Crippen LogP contribution is -2.56. The number of benzene rings is 2. The minimum atomic E-state index is -0.987. The van der Waals surface area contributed by atoms with Crippen molar-refractivity contribution < 1.29 is 28.8 Å². The zero-order valence-electron chi connectivity index (χ0n) is 32.6. The molecule has 1 unspecified atom stereocenters. The van der Waals surface area contributed by atoms with Crippen LogP contribution in [0.1, 0.15) is 86.1 Å². The van der Waals surface area contributed by atoms with Crippen LogP contribution in [-0.4, -0.2) is 136 Å². The summed E-state index contributed by atoms with van der Waals surface area (Å²) in [4.78, 5) is 95.3. The van der Waals surface area contributed by atoms with E-state index < -0.39 is 29.7 Å². The van der Waals surface area contributed by atoms with Gasteiger partial charge in [-0.2, -0.15) is 4.98 Å². The molecule has 6 heterocycles. The van der Waals surface area contributed by atoms with E-state index in [1.54, 1.807) is 37.3 Å². The Bertz CT molecular complexity index is 2340. The molecule has 16 nitrogen and oxygen atoms in total. The van der Waals surface area contributed by atoms with Gasteiger partial charge in [-0.15, -0.1) is 0 Å². The van der Waals surface area contributed by atoms with Crippen LogP contribution in [0, 0.1) is 5.92 Å². The first kappa shape index (κ1) is 37.4. The third-order valence-electron chi connectivity index (χ3n) is 12.2. The van der Waals surface area contributed by atoms with Crippen LogP contribution >= 0.6 is 0 Å². The molecule has 0 spiro atoms. The highest BCUT2D eigenvalue weighted by molar-refractivity contribution is 6.23. The van der Waals surface area contributed by atoms with E-state index in [9.17, 15) is 28.8 Å². The molecule has 4 fully saturated rings. The van der Waals surface area contributed by atoms with Crippen molar-refractivity contribution in [3.63, 3.8) is 0 Å². The number of piperazine rings is 1. The van der Waals surface area contributed by atoms with Gasteiger partial charge in [0.25, 0.3) is 23.6 Å². The van der Waals surface area contributed by atoms with E-state index in [0.29, 0.717) is 36.2 Å². The molecular weight excluding hydrogens is 741 g/mol. The second kappa shape index (κ2) is 15.0. The smallest absolute Gasteiger partial charge is 0.270 e. The van der Waals surface area contributed by atoms with Gasteiger partial charge in [-0.25, -0.2) is 4.98 Å². The first-order valence-electron chi connectivity index (χ1n) is 20.1. The van der Waals surface area contributed by atoms with Gasteiger partial charge >= 0.3 is 0 Å². The Morgan fingerprint density at radius 3 is 2.31 bits per heavy atom. The van der Waals surface area contributed by atoms with E-state index in [1.165, 1.54) is 0 Å². The minimum Gasteiger partial charge on any atom is -0.369 e. The summed E-state index contributed by atoms with van der Waals surface area (Å²) in [6, 6.07) is 13.7. The maximum Gasteiger partial charge on any atom is 0.270 e. The normalized spacial score (nSPS) is 20.4. The summed E-state index contributed by atoms with van der Waals surface area (Å²) in [5.74, 6) is -1.28. The van der Waals surface area contributed by atoms with Gasteiger partial charge in [0.15, 0.2) is 0 Å². The summed E-state index contributed by atoms with van der Waals surface area (Å²) in [5, 5.41) is 6.34. The van der Waals surface area contributed by atoms with E-state index >= 15 is 0 Å². The Balaban J connectivity index is 0.761. The first-order valence-corrected chi connectivity index (χ1v) is 20.1. The molecule has 16 heteroatoms. The number of nitrogens with zero attached hydrogens (tertiary/aromatic N) is 8. The first-order chi connectivity index (χ1) is 28.0.